The molecule has 0 spiro atoms. The summed E-state index contributed by atoms with van der Waals surface area (Å²) in [6.07, 6.45) is 4.79. The minimum absolute atomic E-state index is 0.330. The van der Waals surface area contributed by atoms with Crippen molar-refractivity contribution in [2.45, 2.75) is 45.6 Å². The fraction of sp³-hybridized carbons (Fsp3) is 0.588. The number of hydrogen-bond acceptors (Lipinski definition) is 5. The van der Waals surface area contributed by atoms with Crippen molar-refractivity contribution in [2.75, 3.05) is 19.8 Å². The maximum Gasteiger partial charge on any atom is 0.166 e. The highest BCUT2D eigenvalue weighted by Gasteiger charge is 2.50. The molecule has 4 rings (SSSR count). The molecule has 24 heavy (non-hydrogen) atoms. The van der Waals surface area contributed by atoms with Crippen molar-refractivity contribution >= 4 is 23.1 Å². The lowest BCUT2D eigenvalue weighted by atomic mass is 9.89. The second kappa shape index (κ2) is 5.70. The SMILES string of the molecule is CCC1=C(Cl)N=C2C(=CC1)n1c(C)nnc1C1(CC)COCCN21. The standard InChI is InChI=1S/C17H22ClN5O/c1-4-12-6-7-13-15(19-14(12)18)22-8-9-24-10-17(22,5-2)16-21-20-11(3)23(13)16/h7H,4-6,8-10H2,1-3H3. The van der Waals surface area contributed by atoms with E-state index in [-0.39, 0.29) is 5.54 Å². The van der Waals surface area contributed by atoms with Crippen molar-refractivity contribution in [2.24, 2.45) is 4.99 Å². The van der Waals surface area contributed by atoms with Gasteiger partial charge in [0.2, 0.25) is 0 Å². The number of aryl methyl sites for hydroxylation is 1. The smallest absolute Gasteiger partial charge is 0.166 e. The molecule has 0 aromatic carbocycles. The van der Waals surface area contributed by atoms with Crippen LogP contribution < -0.4 is 0 Å². The van der Waals surface area contributed by atoms with E-state index < -0.39 is 0 Å². The average molecular weight is 348 g/mol. The van der Waals surface area contributed by atoms with Gasteiger partial charge in [0.05, 0.1) is 18.9 Å². The van der Waals surface area contributed by atoms with Crippen molar-refractivity contribution in [3.8, 4) is 0 Å². The largest absolute Gasteiger partial charge is 0.377 e. The molecule has 3 aliphatic heterocycles. The number of morpholine rings is 1. The molecule has 6 nitrogen and oxygen atoms in total. The van der Waals surface area contributed by atoms with Crippen LogP contribution in [0.25, 0.3) is 5.70 Å². The first-order valence-electron chi connectivity index (χ1n) is 8.57. The molecule has 1 unspecified atom stereocenters. The molecule has 0 radical (unpaired) electrons. The zero-order chi connectivity index (χ0) is 16.9. The lowest BCUT2D eigenvalue weighted by Gasteiger charge is -2.50. The van der Waals surface area contributed by atoms with E-state index in [1.54, 1.807) is 0 Å². The van der Waals surface area contributed by atoms with Gasteiger partial charge in [0.25, 0.3) is 0 Å². The molecule has 4 heterocycles. The molecule has 1 saturated heterocycles. The first-order valence-corrected chi connectivity index (χ1v) is 8.95. The van der Waals surface area contributed by atoms with Crippen molar-refractivity contribution in [3.63, 3.8) is 0 Å². The molecule has 0 aliphatic carbocycles. The molecular formula is C17H22ClN5O. The first kappa shape index (κ1) is 15.8. The second-order valence-corrected chi connectivity index (χ2v) is 6.83. The minimum Gasteiger partial charge on any atom is -0.377 e. The van der Waals surface area contributed by atoms with E-state index in [9.17, 15) is 0 Å². The van der Waals surface area contributed by atoms with Crippen molar-refractivity contribution in [1.82, 2.24) is 19.7 Å². The number of fused-ring (bicyclic) bond motifs is 6. The number of ether oxygens (including phenoxy) is 1. The molecule has 1 fully saturated rings. The molecule has 7 heteroatoms. The molecule has 0 saturated carbocycles. The monoisotopic (exact) mass is 347 g/mol. The average Bonchev–Trinajstić information content (AvgIpc) is 2.91. The van der Waals surface area contributed by atoms with Gasteiger partial charge in [-0.05, 0) is 31.8 Å². The third kappa shape index (κ3) is 2.02. The van der Waals surface area contributed by atoms with Gasteiger partial charge in [0.15, 0.2) is 11.7 Å². The highest BCUT2D eigenvalue weighted by Crippen LogP contribution is 2.42. The van der Waals surface area contributed by atoms with Gasteiger partial charge >= 0.3 is 0 Å². The van der Waals surface area contributed by atoms with Gasteiger partial charge in [-0.2, -0.15) is 0 Å². The van der Waals surface area contributed by atoms with Crippen LogP contribution in [0.1, 0.15) is 44.8 Å². The summed E-state index contributed by atoms with van der Waals surface area (Å²) in [6, 6.07) is 0. The van der Waals surface area contributed by atoms with Crippen molar-refractivity contribution in [1.29, 1.82) is 0 Å². The fourth-order valence-corrected chi connectivity index (χ4v) is 4.18. The Morgan fingerprint density at radius 1 is 1.33 bits per heavy atom. The number of aliphatic imine (C=N–C) groups is 1. The predicted octanol–water partition coefficient (Wildman–Crippen LogP) is 3.04. The van der Waals surface area contributed by atoms with Crippen LogP contribution >= 0.6 is 11.6 Å². The number of nitrogens with zero attached hydrogens (tertiary/aromatic N) is 5. The zero-order valence-electron chi connectivity index (χ0n) is 14.3. The number of allylic oxidation sites excluding steroid dienone is 2. The van der Waals surface area contributed by atoms with Gasteiger partial charge in [-0.1, -0.05) is 31.5 Å². The molecule has 0 amide bonds. The van der Waals surface area contributed by atoms with Crippen LogP contribution in [0.5, 0.6) is 0 Å². The Morgan fingerprint density at radius 3 is 2.92 bits per heavy atom. The van der Waals surface area contributed by atoms with Crippen LogP contribution in [0.15, 0.2) is 21.8 Å². The summed E-state index contributed by atoms with van der Waals surface area (Å²) in [5.74, 6) is 2.74. The fourth-order valence-electron chi connectivity index (χ4n) is 3.89. The third-order valence-corrected chi connectivity index (χ3v) is 5.68. The summed E-state index contributed by atoms with van der Waals surface area (Å²) in [5.41, 5.74) is 1.87. The number of aromatic nitrogens is 3. The predicted molar refractivity (Wildman–Crippen MR) is 93.7 cm³/mol. The van der Waals surface area contributed by atoms with E-state index in [1.807, 2.05) is 6.92 Å². The van der Waals surface area contributed by atoms with Crippen LogP contribution in [0.4, 0.5) is 0 Å². The van der Waals surface area contributed by atoms with E-state index in [4.69, 9.17) is 21.3 Å². The molecular weight excluding hydrogens is 326 g/mol. The normalized spacial score (nSPS) is 26.2. The van der Waals surface area contributed by atoms with E-state index >= 15 is 0 Å². The molecule has 3 aliphatic rings. The summed E-state index contributed by atoms with van der Waals surface area (Å²) < 4.78 is 7.97. The first-order chi connectivity index (χ1) is 11.6. The van der Waals surface area contributed by atoms with E-state index in [2.05, 4.69) is 39.6 Å². The van der Waals surface area contributed by atoms with Gasteiger partial charge in [0.1, 0.15) is 16.5 Å². The van der Waals surface area contributed by atoms with Crippen LogP contribution in [0.2, 0.25) is 0 Å². The van der Waals surface area contributed by atoms with Crippen molar-refractivity contribution < 1.29 is 4.74 Å². The van der Waals surface area contributed by atoms with Gasteiger partial charge in [0, 0.05) is 6.54 Å². The lowest BCUT2D eigenvalue weighted by molar-refractivity contribution is -0.0461. The Kier molecular flexibility index (Phi) is 3.77. The second-order valence-electron chi connectivity index (χ2n) is 6.47. The Labute approximate surface area is 146 Å². The highest BCUT2D eigenvalue weighted by molar-refractivity contribution is 6.32. The van der Waals surface area contributed by atoms with Crippen LogP contribution in [-0.4, -0.2) is 45.3 Å². The van der Waals surface area contributed by atoms with Crippen LogP contribution in [-0.2, 0) is 10.3 Å². The number of rotatable bonds is 2. The summed E-state index contributed by atoms with van der Waals surface area (Å²) in [7, 11) is 0. The number of amidine groups is 1. The summed E-state index contributed by atoms with van der Waals surface area (Å²) in [5, 5.41) is 9.48. The molecule has 0 bridgehead atoms. The third-order valence-electron chi connectivity index (χ3n) is 5.33. The maximum atomic E-state index is 6.53. The highest BCUT2D eigenvalue weighted by atomic mass is 35.5. The van der Waals surface area contributed by atoms with Crippen LogP contribution in [0.3, 0.4) is 0 Å². The van der Waals surface area contributed by atoms with Gasteiger partial charge in [-0.3, -0.25) is 4.57 Å². The maximum absolute atomic E-state index is 6.53. The lowest BCUT2D eigenvalue weighted by Crippen LogP contribution is -2.61. The summed E-state index contributed by atoms with van der Waals surface area (Å²) in [6.45, 7) is 8.32. The van der Waals surface area contributed by atoms with E-state index in [1.165, 1.54) is 0 Å². The molecule has 1 aromatic heterocycles. The summed E-state index contributed by atoms with van der Waals surface area (Å²) in [4.78, 5) is 7.16. The van der Waals surface area contributed by atoms with Gasteiger partial charge in [-0.15, -0.1) is 10.2 Å². The number of halogens is 1. The van der Waals surface area contributed by atoms with Crippen molar-refractivity contribution in [3.05, 3.63) is 28.5 Å². The summed E-state index contributed by atoms with van der Waals surface area (Å²) >= 11 is 6.53. The van der Waals surface area contributed by atoms with E-state index in [0.717, 1.165) is 54.6 Å². The molecule has 1 aromatic rings. The quantitative estimate of drug-likeness (QED) is 0.772. The zero-order valence-corrected chi connectivity index (χ0v) is 15.1. The topological polar surface area (TPSA) is 55.5 Å². The molecule has 128 valence electrons. The van der Waals surface area contributed by atoms with E-state index in [0.29, 0.717) is 18.4 Å². The van der Waals surface area contributed by atoms with Gasteiger partial charge in [-0.25, -0.2) is 4.99 Å². The number of hydrogen-bond donors (Lipinski definition) is 0. The van der Waals surface area contributed by atoms with Gasteiger partial charge < -0.3 is 9.64 Å². The Bertz CT molecular complexity index is 778. The van der Waals surface area contributed by atoms with Crippen LogP contribution in [0, 0.1) is 6.92 Å². The Hall–Kier alpha value is -1.66. The molecule has 0 N–H and O–H groups in total. The Morgan fingerprint density at radius 2 is 2.17 bits per heavy atom. The minimum atomic E-state index is -0.330. The Balaban J connectivity index is 2.00. The molecule has 1 atom stereocenters.